The Morgan fingerprint density at radius 1 is 1.11 bits per heavy atom. The minimum absolute atomic E-state index is 0.133. The van der Waals surface area contributed by atoms with Gasteiger partial charge in [-0.1, -0.05) is 6.07 Å². The van der Waals surface area contributed by atoms with Crippen molar-refractivity contribution >= 4 is 15.9 Å². The quantitative estimate of drug-likeness (QED) is 0.587. The van der Waals surface area contributed by atoms with Crippen LogP contribution in [0.3, 0.4) is 0 Å². The van der Waals surface area contributed by atoms with Crippen LogP contribution in [-0.4, -0.2) is 64.9 Å². The lowest BCUT2D eigenvalue weighted by atomic mass is 9.91. The summed E-state index contributed by atoms with van der Waals surface area (Å²) in [7, 11) is -2.39. The minimum Gasteiger partial charge on any atom is -0.341 e. The third-order valence-corrected chi connectivity index (χ3v) is 9.62. The number of halogens is 2. The van der Waals surface area contributed by atoms with E-state index in [1.165, 1.54) is 9.21 Å². The molecular formula is C25H32F2N4O3S. The fraction of sp³-hybridized carbons (Fsp3) is 0.600. The molecule has 35 heavy (non-hydrogen) atoms. The van der Waals surface area contributed by atoms with Gasteiger partial charge in [0.25, 0.3) is 0 Å². The number of hydrogen-bond donors (Lipinski definition) is 0. The Kier molecular flexibility index (Phi) is 6.24. The molecule has 2 saturated carbocycles. The molecule has 0 radical (unpaired) electrons. The van der Waals surface area contributed by atoms with Crippen LogP contribution in [-0.2, 0) is 14.8 Å². The molecule has 190 valence electrons. The van der Waals surface area contributed by atoms with Crippen LogP contribution in [0.1, 0.15) is 68.5 Å². The summed E-state index contributed by atoms with van der Waals surface area (Å²) >= 11 is 0. The summed E-state index contributed by atoms with van der Waals surface area (Å²) in [5.41, 5.74) is 2.41. The van der Waals surface area contributed by atoms with Gasteiger partial charge >= 0.3 is 0 Å². The SMILES string of the molecule is Cc1ccc(S(=O)(=O)N2CCC[C@H]2C(=O)N(C)C2CCC(F)(F)CC2)c(-n2nccc2C2CC2)c1. The lowest BCUT2D eigenvalue weighted by Crippen LogP contribution is -2.50. The first-order valence-corrected chi connectivity index (χ1v) is 13.8. The zero-order valence-electron chi connectivity index (χ0n) is 20.2. The Hall–Kier alpha value is -2.33. The fourth-order valence-corrected chi connectivity index (χ4v) is 7.24. The molecule has 0 N–H and O–H groups in total. The van der Waals surface area contributed by atoms with Crippen molar-refractivity contribution in [2.24, 2.45) is 0 Å². The van der Waals surface area contributed by atoms with Gasteiger partial charge in [0.05, 0.1) is 5.69 Å². The topological polar surface area (TPSA) is 75.5 Å². The van der Waals surface area contributed by atoms with Gasteiger partial charge in [-0.05, 0) is 69.2 Å². The van der Waals surface area contributed by atoms with E-state index in [-0.39, 0.29) is 49.1 Å². The molecule has 0 spiro atoms. The maximum absolute atomic E-state index is 14.0. The molecule has 5 rings (SSSR count). The van der Waals surface area contributed by atoms with E-state index in [1.807, 2.05) is 19.1 Å². The van der Waals surface area contributed by atoms with Gasteiger partial charge in [0.15, 0.2) is 0 Å². The fourth-order valence-electron chi connectivity index (χ4n) is 5.44. The Morgan fingerprint density at radius 2 is 1.83 bits per heavy atom. The normalized spacial score (nSPS) is 23.5. The molecule has 10 heteroatoms. The monoisotopic (exact) mass is 506 g/mol. The number of carbonyl (C=O) groups excluding carboxylic acids is 1. The Labute approximate surface area is 205 Å². The van der Waals surface area contributed by atoms with Gasteiger partial charge in [-0.2, -0.15) is 9.40 Å². The van der Waals surface area contributed by atoms with E-state index >= 15 is 0 Å². The van der Waals surface area contributed by atoms with Crippen LogP contribution in [0.5, 0.6) is 0 Å². The van der Waals surface area contributed by atoms with Crippen LogP contribution in [0.2, 0.25) is 0 Å². The van der Waals surface area contributed by atoms with Gasteiger partial charge in [0.1, 0.15) is 10.9 Å². The van der Waals surface area contributed by atoms with Gasteiger partial charge in [0.2, 0.25) is 21.9 Å². The van der Waals surface area contributed by atoms with Gasteiger partial charge < -0.3 is 4.90 Å². The average molecular weight is 507 g/mol. The summed E-state index contributed by atoms with van der Waals surface area (Å²) in [4.78, 5) is 15.1. The van der Waals surface area contributed by atoms with E-state index in [0.717, 1.165) is 24.1 Å². The van der Waals surface area contributed by atoms with Crippen molar-refractivity contribution in [2.45, 2.75) is 87.1 Å². The number of likely N-dealkylation sites (N-methyl/N-ethyl adjacent to an activating group) is 1. The molecule has 3 aliphatic rings. The molecule has 1 aromatic heterocycles. The highest BCUT2D eigenvalue weighted by molar-refractivity contribution is 7.89. The van der Waals surface area contributed by atoms with Gasteiger partial charge in [-0.15, -0.1) is 0 Å². The maximum atomic E-state index is 14.0. The smallest absolute Gasteiger partial charge is 0.248 e. The van der Waals surface area contributed by atoms with E-state index in [9.17, 15) is 22.0 Å². The van der Waals surface area contributed by atoms with E-state index in [2.05, 4.69) is 5.10 Å². The van der Waals surface area contributed by atoms with Crippen molar-refractivity contribution in [1.29, 1.82) is 0 Å². The second kappa shape index (κ2) is 8.96. The Morgan fingerprint density at radius 3 is 2.51 bits per heavy atom. The van der Waals surface area contributed by atoms with Crippen LogP contribution in [0.4, 0.5) is 8.78 Å². The lowest BCUT2D eigenvalue weighted by Gasteiger charge is -2.37. The molecule has 1 amide bonds. The number of aromatic nitrogens is 2. The van der Waals surface area contributed by atoms with Crippen molar-refractivity contribution in [3.05, 3.63) is 41.7 Å². The summed E-state index contributed by atoms with van der Waals surface area (Å²) < 4.78 is 58.2. The maximum Gasteiger partial charge on any atom is 0.248 e. The molecule has 2 aromatic rings. The highest BCUT2D eigenvalue weighted by Gasteiger charge is 2.44. The second-order valence-corrected chi connectivity index (χ2v) is 12.1. The van der Waals surface area contributed by atoms with E-state index in [1.54, 1.807) is 30.1 Å². The number of alkyl halides is 2. The van der Waals surface area contributed by atoms with Crippen molar-refractivity contribution in [3.8, 4) is 5.69 Å². The summed E-state index contributed by atoms with van der Waals surface area (Å²) in [5.74, 6) is -2.62. The molecule has 0 unspecified atom stereocenters. The van der Waals surface area contributed by atoms with Gasteiger partial charge in [-0.25, -0.2) is 21.9 Å². The number of nitrogens with zero attached hydrogens (tertiary/aromatic N) is 4. The number of sulfonamides is 1. The van der Waals surface area contributed by atoms with Crippen molar-refractivity contribution in [3.63, 3.8) is 0 Å². The molecule has 1 atom stereocenters. The molecule has 2 heterocycles. The summed E-state index contributed by atoms with van der Waals surface area (Å²) in [6, 6.07) is 5.99. The zero-order valence-corrected chi connectivity index (χ0v) is 21.0. The zero-order chi connectivity index (χ0) is 25.0. The first kappa shape index (κ1) is 24.4. The number of hydrogen-bond acceptors (Lipinski definition) is 4. The van der Waals surface area contributed by atoms with E-state index in [0.29, 0.717) is 24.4 Å². The average Bonchev–Trinajstić information content (AvgIpc) is 3.32. The minimum atomic E-state index is -4.01. The number of rotatable bonds is 6. The van der Waals surface area contributed by atoms with Crippen LogP contribution < -0.4 is 0 Å². The highest BCUT2D eigenvalue weighted by Crippen LogP contribution is 2.42. The molecule has 0 bridgehead atoms. The third-order valence-electron chi connectivity index (χ3n) is 7.67. The number of carbonyl (C=O) groups is 1. The number of amides is 1. The summed E-state index contributed by atoms with van der Waals surface area (Å²) in [6.07, 6.45) is 4.74. The Balaban J connectivity index is 1.44. The standard InChI is InChI=1S/C25H32F2N4O3S/c1-17-5-8-23(22(16-17)31-20(11-14-28-31)18-6-7-18)35(33,34)30-15-3-4-21(30)24(32)29(2)19-9-12-25(26,27)13-10-19/h5,8,11,14,16,18-19,21H,3-4,6-7,9-10,12-13,15H2,1-2H3/t21-/m0/s1. The predicted molar refractivity (Wildman–Crippen MR) is 127 cm³/mol. The van der Waals surface area contributed by atoms with Crippen LogP contribution in [0.25, 0.3) is 5.69 Å². The lowest BCUT2D eigenvalue weighted by molar-refractivity contribution is -0.138. The van der Waals surface area contributed by atoms with Crippen molar-refractivity contribution in [1.82, 2.24) is 19.0 Å². The molecular weight excluding hydrogens is 474 g/mol. The predicted octanol–water partition coefficient (Wildman–Crippen LogP) is 4.25. The highest BCUT2D eigenvalue weighted by atomic mass is 32.2. The number of aryl methyl sites for hydroxylation is 1. The number of benzene rings is 1. The van der Waals surface area contributed by atoms with E-state index < -0.39 is 22.0 Å². The third kappa shape index (κ3) is 4.62. The van der Waals surface area contributed by atoms with Crippen LogP contribution >= 0.6 is 0 Å². The summed E-state index contributed by atoms with van der Waals surface area (Å²) in [6.45, 7) is 2.16. The molecule has 1 saturated heterocycles. The molecule has 2 aliphatic carbocycles. The van der Waals surface area contributed by atoms with Crippen LogP contribution in [0.15, 0.2) is 35.4 Å². The molecule has 7 nitrogen and oxygen atoms in total. The van der Waals surface area contributed by atoms with Gasteiger partial charge in [0, 0.05) is 50.3 Å². The molecule has 3 fully saturated rings. The summed E-state index contributed by atoms with van der Waals surface area (Å²) in [5, 5.41) is 4.44. The van der Waals surface area contributed by atoms with Gasteiger partial charge in [-0.3, -0.25) is 4.79 Å². The first-order valence-electron chi connectivity index (χ1n) is 12.4. The Bertz CT molecular complexity index is 1220. The first-order chi connectivity index (χ1) is 16.6. The van der Waals surface area contributed by atoms with E-state index in [4.69, 9.17) is 0 Å². The second-order valence-electron chi connectivity index (χ2n) is 10.2. The van der Waals surface area contributed by atoms with Crippen molar-refractivity contribution in [2.75, 3.05) is 13.6 Å². The molecule has 1 aromatic carbocycles. The van der Waals surface area contributed by atoms with Crippen molar-refractivity contribution < 1.29 is 22.0 Å². The van der Waals surface area contributed by atoms with Crippen LogP contribution in [0, 0.1) is 6.92 Å². The molecule has 1 aliphatic heterocycles. The largest absolute Gasteiger partial charge is 0.341 e.